The fourth-order valence-electron chi connectivity index (χ4n) is 2.44. The molecule has 16 heavy (non-hydrogen) atoms. The first kappa shape index (κ1) is 11.3. The van der Waals surface area contributed by atoms with Crippen molar-refractivity contribution in [1.82, 2.24) is 0 Å². The van der Waals surface area contributed by atoms with Crippen LogP contribution in [0.1, 0.15) is 42.7 Å². The quantitative estimate of drug-likeness (QED) is 0.771. The van der Waals surface area contributed by atoms with Crippen molar-refractivity contribution in [3.05, 3.63) is 29.3 Å². The molecule has 0 spiro atoms. The van der Waals surface area contributed by atoms with Crippen LogP contribution in [0, 0.1) is 0 Å². The van der Waals surface area contributed by atoms with E-state index in [1.54, 1.807) is 0 Å². The first-order chi connectivity index (χ1) is 7.50. The summed E-state index contributed by atoms with van der Waals surface area (Å²) in [6.45, 7) is 0. The zero-order valence-electron chi connectivity index (χ0n) is 8.72. The third-order valence-electron chi connectivity index (χ3n) is 3.15. The number of aromatic hydroxyl groups is 1. The van der Waals surface area contributed by atoms with E-state index in [2.05, 4.69) is 0 Å². The number of halogens is 3. The molecule has 1 fully saturated rings. The van der Waals surface area contributed by atoms with Crippen molar-refractivity contribution in [3.63, 3.8) is 0 Å². The van der Waals surface area contributed by atoms with E-state index >= 15 is 0 Å². The predicted octanol–water partition coefficient (Wildman–Crippen LogP) is 4.07. The Labute approximate surface area is 91.9 Å². The maximum Gasteiger partial charge on any atom is 0.416 e. The van der Waals surface area contributed by atoms with Gasteiger partial charge >= 0.3 is 6.18 Å². The van der Waals surface area contributed by atoms with Crippen LogP contribution in [0.2, 0.25) is 0 Å². The van der Waals surface area contributed by atoms with Gasteiger partial charge < -0.3 is 5.11 Å². The summed E-state index contributed by atoms with van der Waals surface area (Å²) in [6, 6.07) is 3.63. The highest BCUT2D eigenvalue weighted by Gasteiger charge is 2.37. The van der Waals surface area contributed by atoms with Crippen LogP contribution in [-0.4, -0.2) is 5.11 Å². The van der Waals surface area contributed by atoms with Crippen LogP contribution in [0.4, 0.5) is 13.2 Å². The fourth-order valence-corrected chi connectivity index (χ4v) is 2.44. The molecule has 4 heteroatoms. The van der Waals surface area contributed by atoms with Gasteiger partial charge in [-0.05, 0) is 30.9 Å². The zero-order valence-corrected chi connectivity index (χ0v) is 8.72. The van der Waals surface area contributed by atoms with Crippen LogP contribution in [0.15, 0.2) is 18.2 Å². The Bertz CT molecular complexity index is 378. The Hall–Kier alpha value is -1.19. The molecule has 0 amide bonds. The number of phenols is 1. The van der Waals surface area contributed by atoms with Crippen molar-refractivity contribution in [2.75, 3.05) is 0 Å². The average molecular weight is 230 g/mol. The first-order valence-corrected chi connectivity index (χ1v) is 5.39. The Morgan fingerprint density at radius 2 is 1.75 bits per heavy atom. The van der Waals surface area contributed by atoms with Gasteiger partial charge in [-0.1, -0.05) is 18.9 Å². The molecule has 1 N–H and O–H groups in total. The first-order valence-electron chi connectivity index (χ1n) is 5.39. The van der Waals surface area contributed by atoms with Gasteiger partial charge in [0.1, 0.15) is 5.75 Å². The molecule has 0 bridgehead atoms. The topological polar surface area (TPSA) is 20.2 Å². The molecular weight excluding hydrogens is 217 g/mol. The van der Waals surface area contributed by atoms with Crippen molar-refractivity contribution < 1.29 is 18.3 Å². The minimum absolute atomic E-state index is 0.0903. The Balaban J connectivity index is 2.48. The van der Waals surface area contributed by atoms with Gasteiger partial charge in [0.15, 0.2) is 0 Å². The normalized spacial score (nSPS) is 17.9. The van der Waals surface area contributed by atoms with Gasteiger partial charge in [0.25, 0.3) is 0 Å². The van der Waals surface area contributed by atoms with Crippen molar-refractivity contribution in [2.45, 2.75) is 37.8 Å². The number of phenolic OH excluding ortho intramolecular Hbond substituents is 1. The summed E-state index contributed by atoms with van der Waals surface area (Å²) in [6.07, 6.45) is -1.02. The van der Waals surface area contributed by atoms with Crippen LogP contribution in [0.3, 0.4) is 0 Å². The van der Waals surface area contributed by atoms with E-state index in [0.29, 0.717) is 0 Å². The monoisotopic (exact) mass is 230 g/mol. The molecule has 1 saturated carbocycles. The molecular formula is C12H13F3O. The Morgan fingerprint density at radius 1 is 1.12 bits per heavy atom. The van der Waals surface area contributed by atoms with Gasteiger partial charge in [0, 0.05) is 5.56 Å². The van der Waals surface area contributed by atoms with E-state index in [9.17, 15) is 18.3 Å². The standard InChI is InChI=1S/C12H13F3O/c13-12(14,15)9-6-3-7-10(16)11(9)8-4-1-2-5-8/h3,6-8,16H,1-2,4-5H2. The van der Waals surface area contributed by atoms with Crippen molar-refractivity contribution in [3.8, 4) is 5.75 Å². The SMILES string of the molecule is Oc1cccc(C(F)(F)F)c1C1CCCC1. The summed E-state index contributed by atoms with van der Waals surface area (Å²) in [7, 11) is 0. The number of hydrogen-bond donors (Lipinski definition) is 1. The second-order valence-corrected chi connectivity index (χ2v) is 4.22. The lowest BCUT2D eigenvalue weighted by Crippen LogP contribution is -2.11. The molecule has 1 nitrogen and oxygen atoms in total. The molecule has 1 aliphatic rings. The van der Waals surface area contributed by atoms with Crippen molar-refractivity contribution in [2.24, 2.45) is 0 Å². The lowest BCUT2D eigenvalue weighted by atomic mass is 9.91. The summed E-state index contributed by atoms with van der Waals surface area (Å²) in [5, 5.41) is 9.62. The lowest BCUT2D eigenvalue weighted by molar-refractivity contribution is -0.138. The van der Waals surface area contributed by atoms with Crippen LogP contribution in [0.25, 0.3) is 0 Å². The minimum Gasteiger partial charge on any atom is -0.508 e. The highest BCUT2D eigenvalue weighted by molar-refractivity contribution is 5.43. The smallest absolute Gasteiger partial charge is 0.416 e. The summed E-state index contributed by atoms with van der Waals surface area (Å²) < 4.78 is 38.3. The largest absolute Gasteiger partial charge is 0.508 e. The Kier molecular flexibility index (Phi) is 2.82. The number of rotatable bonds is 1. The zero-order chi connectivity index (χ0) is 11.8. The highest BCUT2D eigenvalue weighted by atomic mass is 19.4. The molecule has 88 valence electrons. The molecule has 2 rings (SSSR count). The van der Waals surface area contributed by atoms with Gasteiger partial charge in [0.05, 0.1) is 5.56 Å². The van der Waals surface area contributed by atoms with E-state index < -0.39 is 11.7 Å². The van der Waals surface area contributed by atoms with E-state index in [4.69, 9.17) is 0 Å². The summed E-state index contributed by atoms with van der Waals surface area (Å²) in [5.41, 5.74) is -0.591. The number of hydrogen-bond acceptors (Lipinski definition) is 1. The second kappa shape index (κ2) is 4.00. The molecule has 1 aromatic rings. The van der Waals surface area contributed by atoms with Gasteiger partial charge in [-0.2, -0.15) is 13.2 Å². The molecule has 0 saturated heterocycles. The van der Waals surface area contributed by atoms with E-state index in [0.717, 1.165) is 31.7 Å². The molecule has 0 atom stereocenters. The van der Waals surface area contributed by atoms with Crippen LogP contribution in [-0.2, 0) is 6.18 Å². The summed E-state index contributed by atoms with van der Waals surface area (Å²) >= 11 is 0. The predicted molar refractivity (Wildman–Crippen MR) is 54.3 cm³/mol. The van der Waals surface area contributed by atoms with Crippen LogP contribution < -0.4 is 0 Å². The number of alkyl halides is 3. The summed E-state index contributed by atoms with van der Waals surface area (Å²) in [5.74, 6) is -0.362. The third kappa shape index (κ3) is 2.01. The van der Waals surface area contributed by atoms with Gasteiger partial charge in [-0.15, -0.1) is 0 Å². The molecule has 0 unspecified atom stereocenters. The summed E-state index contributed by atoms with van der Waals surface area (Å²) in [4.78, 5) is 0. The molecule has 0 heterocycles. The van der Waals surface area contributed by atoms with E-state index in [1.807, 2.05) is 0 Å². The van der Waals surface area contributed by atoms with Gasteiger partial charge in [-0.25, -0.2) is 0 Å². The lowest BCUT2D eigenvalue weighted by Gasteiger charge is -2.18. The molecule has 1 aliphatic carbocycles. The maximum absolute atomic E-state index is 12.8. The molecule has 0 aliphatic heterocycles. The Morgan fingerprint density at radius 3 is 2.31 bits per heavy atom. The average Bonchev–Trinajstić information content (AvgIpc) is 2.68. The van der Waals surface area contributed by atoms with Gasteiger partial charge in [-0.3, -0.25) is 0 Å². The van der Waals surface area contributed by atoms with E-state index in [-0.39, 0.29) is 17.2 Å². The second-order valence-electron chi connectivity index (χ2n) is 4.22. The minimum atomic E-state index is -4.38. The fraction of sp³-hybridized carbons (Fsp3) is 0.500. The highest BCUT2D eigenvalue weighted by Crippen LogP contribution is 2.45. The molecule has 0 radical (unpaired) electrons. The molecule has 0 aromatic heterocycles. The van der Waals surface area contributed by atoms with Crippen molar-refractivity contribution >= 4 is 0 Å². The third-order valence-corrected chi connectivity index (χ3v) is 3.15. The number of benzene rings is 1. The maximum atomic E-state index is 12.8. The van der Waals surface area contributed by atoms with Crippen LogP contribution in [0.5, 0.6) is 5.75 Å². The van der Waals surface area contributed by atoms with Crippen molar-refractivity contribution in [1.29, 1.82) is 0 Å². The van der Waals surface area contributed by atoms with Gasteiger partial charge in [0.2, 0.25) is 0 Å². The van der Waals surface area contributed by atoms with Crippen LogP contribution >= 0.6 is 0 Å². The van der Waals surface area contributed by atoms with E-state index in [1.165, 1.54) is 12.1 Å². The molecule has 1 aromatic carbocycles.